The summed E-state index contributed by atoms with van der Waals surface area (Å²) in [5.41, 5.74) is 17.5. The minimum Gasteiger partial charge on any atom is -0.480 e. The van der Waals surface area contributed by atoms with Gasteiger partial charge in [-0.2, -0.15) is 0 Å². The zero-order chi connectivity index (χ0) is 27.1. The van der Waals surface area contributed by atoms with Gasteiger partial charge in [-0.1, -0.05) is 30.3 Å². The van der Waals surface area contributed by atoms with Crippen LogP contribution in [0.15, 0.2) is 30.3 Å². The van der Waals surface area contributed by atoms with Gasteiger partial charge in [0.25, 0.3) is 0 Å². The van der Waals surface area contributed by atoms with Crippen LogP contribution < -0.4 is 33.2 Å². The lowest BCUT2D eigenvalue weighted by Gasteiger charge is -2.25. The second-order valence-electron chi connectivity index (χ2n) is 8.29. The molecule has 0 radical (unpaired) electrons. The molecule has 1 aromatic carbocycles. The molecule has 0 spiro atoms. The van der Waals surface area contributed by atoms with E-state index in [9.17, 15) is 29.1 Å². The van der Waals surface area contributed by atoms with Gasteiger partial charge in [-0.25, -0.2) is 4.79 Å². The van der Waals surface area contributed by atoms with E-state index < -0.39 is 60.4 Å². The Morgan fingerprint density at radius 3 is 1.92 bits per heavy atom. The molecule has 0 heterocycles. The summed E-state index contributed by atoms with van der Waals surface area (Å²) in [4.78, 5) is 60.8. The summed E-state index contributed by atoms with van der Waals surface area (Å²) in [6.07, 6.45) is 0.942. The molecular formula is C23H36N6O7. The lowest BCUT2D eigenvalue weighted by Crippen LogP contribution is -2.57. The number of carboxylic acid groups (broad SMARTS) is 1. The Bertz CT molecular complexity index is 883. The zero-order valence-corrected chi connectivity index (χ0v) is 20.0. The van der Waals surface area contributed by atoms with E-state index in [0.29, 0.717) is 19.4 Å². The van der Waals surface area contributed by atoms with E-state index in [2.05, 4.69) is 16.0 Å². The van der Waals surface area contributed by atoms with Crippen molar-refractivity contribution in [2.24, 2.45) is 17.2 Å². The van der Waals surface area contributed by atoms with Crippen molar-refractivity contribution in [2.45, 2.75) is 62.7 Å². The lowest BCUT2D eigenvalue weighted by atomic mass is 10.0. The average molecular weight is 509 g/mol. The van der Waals surface area contributed by atoms with Gasteiger partial charge in [0.15, 0.2) is 0 Å². The number of aliphatic hydroxyl groups is 1. The molecule has 0 fully saturated rings. The first kappa shape index (κ1) is 30.5. The van der Waals surface area contributed by atoms with E-state index in [0.717, 1.165) is 5.56 Å². The van der Waals surface area contributed by atoms with Crippen molar-refractivity contribution < 1.29 is 34.2 Å². The predicted octanol–water partition coefficient (Wildman–Crippen LogP) is -2.52. The normalized spacial score (nSPS) is 14.1. The summed E-state index contributed by atoms with van der Waals surface area (Å²) in [6.45, 7) is -0.506. The van der Waals surface area contributed by atoms with Crippen molar-refractivity contribution in [3.8, 4) is 0 Å². The highest BCUT2D eigenvalue weighted by Gasteiger charge is 2.30. The van der Waals surface area contributed by atoms with Crippen LogP contribution in [0.4, 0.5) is 0 Å². The maximum absolute atomic E-state index is 13.0. The van der Waals surface area contributed by atoms with Gasteiger partial charge in [-0.3, -0.25) is 19.2 Å². The number of hydrogen-bond donors (Lipinski definition) is 8. The minimum atomic E-state index is -1.56. The number of carboxylic acids is 1. The maximum Gasteiger partial charge on any atom is 0.328 e. The van der Waals surface area contributed by atoms with Crippen molar-refractivity contribution in [3.63, 3.8) is 0 Å². The van der Waals surface area contributed by atoms with E-state index >= 15 is 0 Å². The molecule has 0 aromatic heterocycles. The third kappa shape index (κ3) is 11.3. The molecule has 0 saturated carbocycles. The molecule has 13 nitrogen and oxygen atoms in total. The number of carbonyl (C=O) groups excluding carboxylic acids is 4. The molecule has 11 N–H and O–H groups in total. The van der Waals surface area contributed by atoms with Gasteiger partial charge in [-0.05, 0) is 44.2 Å². The van der Waals surface area contributed by atoms with Crippen LogP contribution in [0.2, 0.25) is 0 Å². The largest absolute Gasteiger partial charge is 0.480 e. The molecule has 1 rings (SSSR count). The molecular weight excluding hydrogens is 472 g/mol. The molecule has 0 aliphatic heterocycles. The maximum atomic E-state index is 13.0. The second kappa shape index (κ2) is 16.2. The lowest BCUT2D eigenvalue weighted by molar-refractivity contribution is -0.143. The van der Waals surface area contributed by atoms with Crippen molar-refractivity contribution in [3.05, 3.63) is 35.9 Å². The van der Waals surface area contributed by atoms with Gasteiger partial charge < -0.3 is 43.4 Å². The fourth-order valence-electron chi connectivity index (χ4n) is 3.29. The summed E-state index contributed by atoms with van der Waals surface area (Å²) in [6, 6.07) is 4.05. The Hall–Kier alpha value is -3.55. The fourth-order valence-corrected chi connectivity index (χ4v) is 3.29. The summed E-state index contributed by atoms with van der Waals surface area (Å²) in [7, 11) is 0. The fraction of sp³-hybridized carbons (Fsp3) is 0.522. The number of hydrogen-bond acceptors (Lipinski definition) is 8. The highest BCUT2D eigenvalue weighted by molar-refractivity contribution is 5.94. The molecule has 0 saturated heterocycles. The van der Waals surface area contributed by atoms with Crippen molar-refractivity contribution in [2.75, 3.05) is 13.2 Å². The van der Waals surface area contributed by atoms with E-state index in [1.807, 2.05) is 6.07 Å². The summed E-state index contributed by atoms with van der Waals surface area (Å²) in [5, 5.41) is 25.4. The molecule has 36 heavy (non-hydrogen) atoms. The van der Waals surface area contributed by atoms with E-state index in [1.54, 1.807) is 24.3 Å². The first-order chi connectivity index (χ1) is 17.1. The molecule has 1 aromatic rings. The Kier molecular flexibility index (Phi) is 13.7. The Balaban J connectivity index is 2.96. The first-order valence-electron chi connectivity index (χ1n) is 11.6. The number of unbranched alkanes of at least 4 members (excludes halogenated alkanes) is 1. The number of amides is 4. The van der Waals surface area contributed by atoms with Crippen molar-refractivity contribution in [1.29, 1.82) is 0 Å². The van der Waals surface area contributed by atoms with Crippen LogP contribution in [0, 0.1) is 0 Å². The SMILES string of the molecule is NCCCCC(NC(=O)C(CCC(N)=O)NC(=O)C(N)Cc1ccccc1)C(=O)NC(CO)C(=O)O. The molecule has 4 atom stereocenters. The highest BCUT2D eigenvalue weighted by Crippen LogP contribution is 2.07. The van der Waals surface area contributed by atoms with Crippen LogP contribution in [-0.2, 0) is 30.4 Å². The van der Waals surface area contributed by atoms with Gasteiger partial charge in [0.1, 0.15) is 18.1 Å². The molecule has 4 amide bonds. The van der Waals surface area contributed by atoms with Crippen LogP contribution in [0.25, 0.3) is 0 Å². The van der Waals surface area contributed by atoms with Gasteiger partial charge in [0, 0.05) is 6.42 Å². The smallest absolute Gasteiger partial charge is 0.328 e. The molecule has 13 heteroatoms. The number of benzene rings is 1. The molecule has 0 aliphatic carbocycles. The first-order valence-corrected chi connectivity index (χ1v) is 11.6. The number of aliphatic hydroxyl groups excluding tert-OH is 1. The standard InChI is InChI=1S/C23H36N6O7/c24-11-5-4-8-16(21(33)29-18(13-30)23(35)36)28-22(34)17(9-10-19(26)31)27-20(32)15(25)12-14-6-2-1-3-7-14/h1-3,6-7,15-18,30H,4-5,8-13,24-25H2,(H2,26,31)(H,27,32)(H,28,34)(H,29,33)(H,35,36). The van der Waals surface area contributed by atoms with E-state index in [-0.39, 0.29) is 25.7 Å². The average Bonchev–Trinajstić information content (AvgIpc) is 2.84. The van der Waals surface area contributed by atoms with E-state index in [4.69, 9.17) is 22.3 Å². The van der Waals surface area contributed by atoms with Gasteiger partial charge >= 0.3 is 5.97 Å². The Morgan fingerprint density at radius 1 is 0.833 bits per heavy atom. The topological polar surface area (TPSA) is 240 Å². The van der Waals surface area contributed by atoms with Crippen LogP contribution in [0.1, 0.15) is 37.7 Å². The second-order valence-corrected chi connectivity index (χ2v) is 8.29. The number of nitrogens with two attached hydrogens (primary N) is 3. The highest BCUT2D eigenvalue weighted by atomic mass is 16.4. The van der Waals surface area contributed by atoms with Crippen LogP contribution >= 0.6 is 0 Å². The van der Waals surface area contributed by atoms with Gasteiger partial charge in [0.2, 0.25) is 23.6 Å². The summed E-state index contributed by atoms with van der Waals surface area (Å²) >= 11 is 0. The Labute approximate surface area is 209 Å². The van der Waals surface area contributed by atoms with Gasteiger partial charge in [0.05, 0.1) is 12.6 Å². The number of nitrogens with one attached hydrogen (secondary N) is 3. The Morgan fingerprint density at radius 2 is 1.39 bits per heavy atom. The quantitative estimate of drug-likeness (QED) is 0.103. The number of rotatable bonds is 17. The predicted molar refractivity (Wildman–Crippen MR) is 130 cm³/mol. The van der Waals surface area contributed by atoms with Crippen LogP contribution in [0.5, 0.6) is 0 Å². The molecule has 0 bridgehead atoms. The number of aliphatic carboxylic acids is 1. The van der Waals surface area contributed by atoms with Crippen molar-refractivity contribution >= 4 is 29.6 Å². The molecule has 4 unspecified atom stereocenters. The third-order valence-corrected chi connectivity index (χ3v) is 5.32. The van der Waals surface area contributed by atoms with Crippen molar-refractivity contribution in [1.82, 2.24) is 16.0 Å². The third-order valence-electron chi connectivity index (χ3n) is 5.32. The summed E-state index contributed by atoms with van der Waals surface area (Å²) < 4.78 is 0. The van der Waals surface area contributed by atoms with Gasteiger partial charge in [-0.15, -0.1) is 0 Å². The monoisotopic (exact) mass is 508 g/mol. The zero-order valence-electron chi connectivity index (χ0n) is 20.0. The number of primary amides is 1. The van der Waals surface area contributed by atoms with Crippen LogP contribution in [0.3, 0.4) is 0 Å². The van der Waals surface area contributed by atoms with E-state index in [1.165, 1.54) is 0 Å². The molecule has 0 aliphatic rings. The minimum absolute atomic E-state index is 0.122. The van der Waals surface area contributed by atoms with Crippen LogP contribution in [-0.4, -0.2) is 77.1 Å². The molecule has 200 valence electrons. The summed E-state index contributed by atoms with van der Waals surface area (Å²) in [5.74, 6) is -4.39. The number of carbonyl (C=O) groups is 5.